The molecule has 0 N–H and O–H groups in total. The summed E-state index contributed by atoms with van der Waals surface area (Å²) in [7, 11) is 0. The zero-order valence-electron chi connectivity index (χ0n) is 12.7. The molecule has 1 saturated heterocycles. The molecule has 0 radical (unpaired) electrons. The van der Waals surface area contributed by atoms with Gasteiger partial charge < -0.3 is 0 Å². The molecule has 1 aromatic carbocycles. The molecular weight excluding hydrogens is 260 g/mol. The molecular formula is C17H24N4. The Labute approximate surface area is 126 Å². The van der Waals surface area contributed by atoms with Crippen LogP contribution in [0.5, 0.6) is 0 Å². The van der Waals surface area contributed by atoms with Crippen LogP contribution in [0.2, 0.25) is 0 Å². The van der Waals surface area contributed by atoms with E-state index in [0.29, 0.717) is 0 Å². The second kappa shape index (κ2) is 6.50. The molecule has 2 fully saturated rings. The van der Waals surface area contributed by atoms with Gasteiger partial charge in [0.1, 0.15) is 0 Å². The first-order valence-corrected chi connectivity index (χ1v) is 8.26. The molecule has 1 aliphatic carbocycles. The standard InChI is InChI=1S/C17H24N4/c18-20-19-16-9-7-8-15(14-16)17(10-3-1-4-11-17)21-12-5-2-6-13-21/h7-9,14H,1-6,10-13H2. The highest BCUT2D eigenvalue weighted by molar-refractivity contribution is 5.43. The fourth-order valence-electron chi connectivity index (χ4n) is 4.16. The summed E-state index contributed by atoms with van der Waals surface area (Å²) in [5.41, 5.74) is 11.0. The minimum atomic E-state index is 0.180. The minimum Gasteiger partial charge on any atom is -0.294 e. The predicted octanol–water partition coefficient (Wildman–Crippen LogP) is 5.27. The van der Waals surface area contributed by atoms with Crippen molar-refractivity contribution in [2.45, 2.75) is 56.9 Å². The third-order valence-corrected chi connectivity index (χ3v) is 5.19. The number of hydrogen-bond acceptors (Lipinski definition) is 2. The summed E-state index contributed by atoms with van der Waals surface area (Å²) < 4.78 is 0. The van der Waals surface area contributed by atoms with Crippen LogP contribution >= 0.6 is 0 Å². The second-order valence-corrected chi connectivity index (χ2v) is 6.38. The third-order valence-electron chi connectivity index (χ3n) is 5.19. The van der Waals surface area contributed by atoms with Crippen LogP contribution in [0, 0.1) is 0 Å². The summed E-state index contributed by atoms with van der Waals surface area (Å²) in [6.07, 6.45) is 10.5. The van der Waals surface area contributed by atoms with Gasteiger partial charge in [-0.1, -0.05) is 49.0 Å². The molecule has 1 saturated carbocycles. The Morgan fingerprint density at radius 3 is 2.43 bits per heavy atom. The molecule has 0 atom stereocenters. The normalized spacial score (nSPS) is 22.5. The van der Waals surface area contributed by atoms with Gasteiger partial charge in [-0.25, -0.2) is 0 Å². The van der Waals surface area contributed by atoms with Crippen molar-refractivity contribution in [3.63, 3.8) is 0 Å². The fourth-order valence-corrected chi connectivity index (χ4v) is 4.16. The van der Waals surface area contributed by atoms with Gasteiger partial charge in [0.2, 0.25) is 0 Å². The average Bonchev–Trinajstić information content (AvgIpc) is 2.57. The molecule has 0 bridgehead atoms. The second-order valence-electron chi connectivity index (χ2n) is 6.38. The molecule has 112 valence electrons. The van der Waals surface area contributed by atoms with E-state index in [1.165, 1.54) is 70.0 Å². The lowest BCUT2D eigenvalue weighted by atomic mass is 9.74. The number of hydrogen-bond donors (Lipinski definition) is 0. The summed E-state index contributed by atoms with van der Waals surface area (Å²) in [6, 6.07) is 8.28. The van der Waals surface area contributed by atoms with Crippen molar-refractivity contribution in [3.05, 3.63) is 40.3 Å². The lowest BCUT2D eigenvalue weighted by molar-refractivity contribution is 0.0304. The van der Waals surface area contributed by atoms with Gasteiger partial charge in [-0.2, -0.15) is 0 Å². The van der Waals surface area contributed by atoms with E-state index in [9.17, 15) is 0 Å². The van der Waals surface area contributed by atoms with Crippen molar-refractivity contribution in [2.75, 3.05) is 13.1 Å². The van der Waals surface area contributed by atoms with Gasteiger partial charge in [0.25, 0.3) is 0 Å². The number of benzene rings is 1. The van der Waals surface area contributed by atoms with E-state index in [-0.39, 0.29) is 5.54 Å². The van der Waals surface area contributed by atoms with E-state index < -0.39 is 0 Å². The Morgan fingerprint density at radius 2 is 1.71 bits per heavy atom. The van der Waals surface area contributed by atoms with Gasteiger partial charge in [0.15, 0.2) is 0 Å². The summed E-state index contributed by atoms with van der Waals surface area (Å²) in [6.45, 7) is 2.43. The van der Waals surface area contributed by atoms with E-state index >= 15 is 0 Å². The smallest absolute Gasteiger partial charge is 0.0460 e. The van der Waals surface area contributed by atoms with Crippen LogP contribution in [-0.2, 0) is 5.54 Å². The molecule has 0 spiro atoms. The van der Waals surface area contributed by atoms with Crippen LogP contribution in [0.25, 0.3) is 10.4 Å². The molecule has 4 heteroatoms. The first-order chi connectivity index (χ1) is 10.3. The van der Waals surface area contributed by atoms with E-state index in [0.717, 1.165) is 5.69 Å². The van der Waals surface area contributed by atoms with E-state index in [4.69, 9.17) is 5.53 Å². The minimum absolute atomic E-state index is 0.180. The van der Waals surface area contributed by atoms with Crippen LogP contribution in [-0.4, -0.2) is 18.0 Å². The van der Waals surface area contributed by atoms with Gasteiger partial charge >= 0.3 is 0 Å². The van der Waals surface area contributed by atoms with Crippen LogP contribution < -0.4 is 0 Å². The maximum atomic E-state index is 8.68. The summed E-state index contributed by atoms with van der Waals surface area (Å²) in [4.78, 5) is 5.65. The summed E-state index contributed by atoms with van der Waals surface area (Å²) in [5, 5.41) is 3.80. The third kappa shape index (κ3) is 2.92. The van der Waals surface area contributed by atoms with Gasteiger partial charge in [-0.15, -0.1) is 0 Å². The summed E-state index contributed by atoms with van der Waals surface area (Å²) in [5.74, 6) is 0. The number of nitrogens with zero attached hydrogens (tertiary/aromatic N) is 4. The largest absolute Gasteiger partial charge is 0.294 e. The molecule has 0 aromatic heterocycles. The first kappa shape index (κ1) is 14.4. The van der Waals surface area contributed by atoms with Crippen molar-refractivity contribution in [1.29, 1.82) is 0 Å². The molecule has 0 unspecified atom stereocenters. The molecule has 21 heavy (non-hydrogen) atoms. The lowest BCUT2D eigenvalue weighted by Gasteiger charge is -2.49. The lowest BCUT2D eigenvalue weighted by Crippen LogP contribution is -2.49. The maximum Gasteiger partial charge on any atom is 0.0460 e. The van der Waals surface area contributed by atoms with Gasteiger partial charge in [0, 0.05) is 16.1 Å². The molecule has 1 aromatic rings. The number of piperidine rings is 1. The molecule has 1 heterocycles. The highest BCUT2D eigenvalue weighted by Gasteiger charge is 2.39. The van der Waals surface area contributed by atoms with Crippen molar-refractivity contribution >= 4 is 5.69 Å². The van der Waals surface area contributed by atoms with Crippen molar-refractivity contribution in [2.24, 2.45) is 5.11 Å². The maximum absolute atomic E-state index is 8.68. The first-order valence-electron chi connectivity index (χ1n) is 8.26. The van der Waals surface area contributed by atoms with Crippen LogP contribution in [0.1, 0.15) is 56.9 Å². The number of azide groups is 1. The number of rotatable bonds is 3. The fraction of sp³-hybridized carbons (Fsp3) is 0.647. The predicted molar refractivity (Wildman–Crippen MR) is 85.4 cm³/mol. The molecule has 4 nitrogen and oxygen atoms in total. The highest BCUT2D eigenvalue weighted by atomic mass is 15.2. The van der Waals surface area contributed by atoms with Crippen LogP contribution in [0.4, 0.5) is 5.69 Å². The monoisotopic (exact) mass is 284 g/mol. The Balaban J connectivity index is 1.97. The van der Waals surface area contributed by atoms with Gasteiger partial charge in [0.05, 0.1) is 0 Å². The quantitative estimate of drug-likeness (QED) is 0.423. The van der Waals surface area contributed by atoms with Gasteiger partial charge in [-0.05, 0) is 55.9 Å². The Hall–Kier alpha value is -1.51. The van der Waals surface area contributed by atoms with Crippen LogP contribution in [0.3, 0.4) is 0 Å². The van der Waals surface area contributed by atoms with Crippen molar-refractivity contribution in [3.8, 4) is 0 Å². The highest BCUT2D eigenvalue weighted by Crippen LogP contribution is 2.44. The summed E-state index contributed by atoms with van der Waals surface area (Å²) >= 11 is 0. The molecule has 2 aliphatic rings. The van der Waals surface area contributed by atoms with Gasteiger partial charge in [-0.3, -0.25) is 4.90 Å². The van der Waals surface area contributed by atoms with Crippen LogP contribution in [0.15, 0.2) is 29.4 Å². The van der Waals surface area contributed by atoms with E-state index in [2.05, 4.69) is 27.1 Å². The average molecular weight is 284 g/mol. The van der Waals surface area contributed by atoms with E-state index in [1.807, 2.05) is 12.1 Å². The molecule has 0 amide bonds. The van der Waals surface area contributed by atoms with Crippen molar-refractivity contribution in [1.82, 2.24) is 4.90 Å². The zero-order chi connectivity index (χ0) is 14.5. The van der Waals surface area contributed by atoms with E-state index in [1.54, 1.807) is 0 Å². The Bertz CT molecular complexity index is 521. The topological polar surface area (TPSA) is 52.0 Å². The molecule has 3 rings (SSSR count). The van der Waals surface area contributed by atoms with Crippen molar-refractivity contribution < 1.29 is 0 Å². The Kier molecular flexibility index (Phi) is 4.47. The SMILES string of the molecule is [N-]=[N+]=Nc1cccc(C2(N3CCCCC3)CCCCC2)c1. The number of likely N-dealkylation sites (tertiary alicyclic amines) is 1. The molecule has 1 aliphatic heterocycles. The Morgan fingerprint density at radius 1 is 1.00 bits per heavy atom. The zero-order valence-corrected chi connectivity index (χ0v) is 12.7.